The third-order valence-corrected chi connectivity index (χ3v) is 4.45. The molecule has 1 aliphatic rings. The van der Waals surface area contributed by atoms with E-state index in [0.717, 1.165) is 30.1 Å². The summed E-state index contributed by atoms with van der Waals surface area (Å²) in [6, 6.07) is 13.8. The smallest absolute Gasteiger partial charge is 0.255 e. The van der Waals surface area contributed by atoms with E-state index in [2.05, 4.69) is 22.8 Å². The fourth-order valence-electron chi connectivity index (χ4n) is 2.50. The van der Waals surface area contributed by atoms with Gasteiger partial charge in [-0.3, -0.25) is 4.79 Å². The van der Waals surface area contributed by atoms with Gasteiger partial charge in [-0.1, -0.05) is 6.07 Å². The van der Waals surface area contributed by atoms with Gasteiger partial charge in [0.25, 0.3) is 5.91 Å². The van der Waals surface area contributed by atoms with E-state index in [0.29, 0.717) is 5.56 Å². The molecule has 0 saturated heterocycles. The van der Waals surface area contributed by atoms with Crippen LogP contribution in [-0.4, -0.2) is 18.7 Å². The highest BCUT2D eigenvalue weighted by Crippen LogP contribution is 2.20. The van der Waals surface area contributed by atoms with Crippen LogP contribution in [0.1, 0.15) is 21.5 Å². The molecule has 0 radical (unpaired) electrons. The number of carbonyl (C=O) groups is 1. The summed E-state index contributed by atoms with van der Waals surface area (Å²) in [4.78, 5) is 13.4. The van der Waals surface area contributed by atoms with Crippen molar-refractivity contribution in [3.8, 4) is 0 Å². The maximum atomic E-state index is 12.2. The van der Waals surface area contributed by atoms with Crippen molar-refractivity contribution < 1.29 is 4.79 Å². The molecule has 0 bridgehead atoms. The molecule has 21 heavy (non-hydrogen) atoms. The Morgan fingerprint density at radius 2 is 1.95 bits per heavy atom. The summed E-state index contributed by atoms with van der Waals surface area (Å²) in [5, 5.41) is 6.32. The van der Waals surface area contributed by atoms with Crippen LogP contribution < -0.4 is 10.6 Å². The molecule has 0 atom stereocenters. The van der Waals surface area contributed by atoms with E-state index in [1.807, 2.05) is 36.6 Å². The first-order chi connectivity index (χ1) is 10.3. The first kappa shape index (κ1) is 14.2. The van der Waals surface area contributed by atoms with Crippen molar-refractivity contribution in [3.63, 3.8) is 0 Å². The second-order valence-electron chi connectivity index (χ2n) is 5.09. The molecule has 1 aliphatic heterocycles. The Morgan fingerprint density at radius 1 is 1.14 bits per heavy atom. The molecule has 2 N–H and O–H groups in total. The van der Waals surface area contributed by atoms with Crippen molar-refractivity contribution in [2.45, 2.75) is 17.9 Å². The highest BCUT2D eigenvalue weighted by atomic mass is 32.2. The lowest BCUT2D eigenvalue weighted by atomic mass is 10.0. The van der Waals surface area contributed by atoms with Crippen molar-refractivity contribution in [1.82, 2.24) is 5.32 Å². The largest absolute Gasteiger partial charge is 0.322 e. The van der Waals surface area contributed by atoms with Gasteiger partial charge in [0.2, 0.25) is 0 Å². The Morgan fingerprint density at radius 3 is 2.71 bits per heavy atom. The van der Waals surface area contributed by atoms with Crippen molar-refractivity contribution in [3.05, 3.63) is 59.2 Å². The normalized spacial score (nSPS) is 13.6. The van der Waals surface area contributed by atoms with Gasteiger partial charge in [0, 0.05) is 22.7 Å². The Hall–Kier alpha value is -1.78. The summed E-state index contributed by atoms with van der Waals surface area (Å²) in [5.74, 6) is -0.0635. The molecule has 0 saturated carbocycles. The number of thioether (sulfide) groups is 1. The first-order valence-corrected chi connectivity index (χ1v) is 8.26. The number of hydrogen-bond acceptors (Lipinski definition) is 3. The van der Waals surface area contributed by atoms with Gasteiger partial charge in [0.15, 0.2) is 0 Å². The highest BCUT2D eigenvalue weighted by Gasteiger charge is 2.11. The zero-order valence-electron chi connectivity index (χ0n) is 12.0. The molecule has 3 nitrogen and oxygen atoms in total. The maximum Gasteiger partial charge on any atom is 0.255 e. The van der Waals surface area contributed by atoms with Crippen LogP contribution in [-0.2, 0) is 13.0 Å². The average molecular weight is 298 g/mol. The molecule has 0 spiro atoms. The van der Waals surface area contributed by atoms with Crippen LogP contribution in [0.4, 0.5) is 5.69 Å². The minimum Gasteiger partial charge on any atom is -0.322 e. The second kappa shape index (κ2) is 6.33. The predicted molar refractivity (Wildman–Crippen MR) is 88.0 cm³/mol. The zero-order chi connectivity index (χ0) is 14.7. The number of benzene rings is 2. The minimum atomic E-state index is -0.0635. The quantitative estimate of drug-likeness (QED) is 0.854. The van der Waals surface area contributed by atoms with Crippen LogP contribution in [0.5, 0.6) is 0 Å². The topological polar surface area (TPSA) is 41.1 Å². The van der Waals surface area contributed by atoms with E-state index in [4.69, 9.17) is 0 Å². The number of amides is 1. The number of nitrogens with one attached hydrogen (secondary N) is 2. The number of hydrogen-bond donors (Lipinski definition) is 2. The minimum absolute atomic E-state index is 0.0635. The Labute approximate surface area is 129 Å². The molecule has 3 rings (SSSR count). The molecule has 1 amide bonds. The number of anilines is 1. The first-order valence-electron chi connectivity index (χ1n) is 7.04. The van der Waals surface area contributed by atoms with Gasteiger partial charge < -0.3 is 10.6 Å². The molecular weight excluding hydrogens is 280 g/mol. The third-order valence-electron chi connectivity index (χ3n) is 3.70. The second-order valence-corrected chi connectivity index (χ2v) is 5.97. The number of rotatable bonds is 3. The van der Waals surface area contributed by atoms with Gasteiger partial charge in [0.05, 0.1) is 0 Å². The fraction of sp³-hybridized carbons (Fsp3) is 0.235. The van der Waals surface area contributed by atoms with Crippen LogP contribution in [0.2, 0.25) is 0 Å². The van der Waals surface area contributed by atoms with Crippen LogP contribution >= 0.6 is 11.8 Å². The fourth-order valence-corrected chi connectivity index (χ4v) is 2.91. The van der Waals surface area contributed by atoms with Gasteiger partial charge in [-0.25, -0.2) is 0 Å². The van der Waals surface area contributed by atoms with Crippen molar-refractivity contribution in [2.24, 2.45) is 0 Å². The molecule has 4 heteroatoms. The third kappa shape index (κ3) is 3.28. The van der Waals surface area contributed by atoms with E-state index < -0.39 is 0 Å². The molecule has 1 heterocycles. The summed E-state index contributed by atoms with van der Waals surface area (Å²) < 4.78 is 0. The molecule has 2 aromatic carbocycles. The van der Waals surface area contributed by atoms with Gasteiger partial charge in [-0.05, 0) is 66.7 Å². The van der Waals surface area contributed by atoms with Crippen molar-refractivity contribution in [2.75, 3.05) is 18.1 Å². The summed E-state index contributed by atoms with van der Waals surface area (Å²) in [7, 11) is 0. The van der Waals surface area contributed by atoms with E-state index >= 15 is 0 Å². The van der Waals surface area contributed by atoms with E-state index in [1.165, 1.54) is 11.1 Å². The van der Waals surface area contributed by atoms with E-state index in [9.17, 15) is 4.79 Å². The average Bonchev–Trinajstić information content (AvgIpc) is 2.55. The van der Waals surface area contributed by atoms with Gasteiger partial charge >= 0.3 is 0 Å². The summed E-state index contributed by atoms with van der Waals surface area (Å²) in [6.45, 7) is 1.90. The van der Waals surface area contributed by atoms with Crippen LogP contribution in [0.15, 0.2) is 47.4 Å². The SMILES string of the molecule is CSc1ccc(C(=O)Nc2ccc3c(c2)CNCC3)cc1. The molecule has 0 fully saturated rings. The molecule has 0 aliphatic carbocycles. The molecular formula is C17H18N2OS. The maximum absolute atomic E-state index is 12.2. The zero-order valence-corrected chi connectivity index (χ0v) is 12.8. The lowest BCUT2D eigenvalue weighted by Gasteiger charge is -2.18. The van der Waals surface area contributed by atoms with Crippen LogP contribution in [0, 0.1) is 0 Å². The Kier molecular flexibility index (Phi) is 4.27. The monoisotopic (exact) mass is 298 g/mol. The molecule has 108 valence electrons. The molecule has 0 aromatic heterocycles. The Bertz CT molecular complexity index is 652. The lowest BCUT2D eigenvalue weighted by molar-refractivity contribution is 0.102. The summed E-state index contributed by atoms with van der Waals surface area (Å²) >= 11 is 1.67. The summed E-state index contributed by atoms with van der Waals surface area (Å²) in [6.07, 6.45) is 3.08. The van der Waals surface area contributed by atoms with Gasteiger partial charge in [-0.15, -0.1) is 11.8 Å². The van der Waals surface area contributed by atoms with E-state index in [1.54, 1.807) is 11.8 Å². The van der Waals surface area contributed by atoms with Gasteiger partial charge in [0.1, 0.15) is 0 Å². The summed E-state index contributed by atoms with van der Waals surface area (Å²) in [5.41, 5.74) is 4.19. The van der Waals surface area contributed by atoms with Crippen LogP contribution in [0.25, 0.3) is 0 Å². The lowest BCUT2D eigenvalue weighted by Crippen LogP contribution is -2.23. The predicted octanol–water partition coefficient (Wildman–Crippen LogP) is 3.31. The molecule has 2 aromatic rings. The molecule has 0 unspecified atom stereocenters. The van der Waals surface area contributed by atoms with Crippen molar-refractivity contribution in [1.29, 1.82) is 0 Å². The number of carbonyl (C=O) groups excluding carboxylic acids is 1. The van der Waals surface area contributed by atoms with Gasteiger partial charge in [-0.2, -0.15) is 0 Å². The van der Waals surface area contributed by atoms with Crippen molar-refractivity contribution >= 4 is 23.4 Å². The number of fused-ring (bicyclic) bond motifs is 1. The highest BCUT2D eigenvalue weighted by molar-refractivity contribution is 7.98. The van der Waals surface area contributed by atoms with Crippen LogP contribution in [0.3, 0.4) is 0 Å². The van der Waals surface area contributed by atoms with E-state index in [-0.39, 0.29) is 5.91 Å². The standard InChI is InChI=1S/C17H18N2OS/c1-21-16-6-3-13(4-7-16)17(20)19-15-5-2-12-8-9-18-11-14(12)10-15/h2-7,10,18H,8-9,11H2,1H3,(H,19,20). The Balaban J connectivity index is 1.74.